The lowest BCUT2D eigenvalue weighted by atomic mass is 10.2. The summed E-state index contributed by atoms with van der Waals surface area (Å²) in [6.45, 7) is 1.90. The fraction of sp³-hybridized carbons (Fsp3) is 0.143. The Labute approximate surface area is 115 Å². The number of benzene rings is 1. The van der Waals surface area contributed by atoms with Crippen LogP contribution in [0.3, 0.4) is 0 Å². The van der Waals surface area contributed by atoms with E-state index in [-0.39, 0.29) is 23.8 Å². The summed E-state index contributed by atoms with van der Waals surface area (Å²) in [5.41, 5.74) is 5.99. The molecule has 5 nitrogen and oxygen atoms in total. The number of carbonyl (C=O) groups excluding carboxylic acids is 1. The van der Waals surface area contributed by atoms with Gasteiger partial charge in [0.05, 0.1) is 18.5 Å². The zero-order chi connectivity index (χ0) is 14.5. The molecule has 20 heavy (non-hydrogen) atoms. The monoisotopic (exact) mass is 276 g/mol. The molecule has 104 valence electrons. The first-order valence-corrected chi connectivity index (χ1v) is 5.96. The van der Waals surface area contributed by atoms with E-state index in [1.807, 2.05) is 0 Å². The topological polar surface area (TPSA) is 74.4 Å². The van der Waals surface area contributed by atoms with Crippen molar-refractivity contribution in [2.24, 2.45) is 0 Å². The summed E-state index contributed by atoms with van der Waals surface area (Å²) >= 11 is 0. The largest absolute Gasteiger partial charge is 0.462 e. The van der Waals surface area contributed by atoms with Gasteiger partial charge < -0.3 is 15.2 Å². The zero-order valence-corrected chi connectivity index (χ0v) is 10.8. The highest BCUT2D eigenvalue weighted by atomic mass is 19.1. The van der Waals surface area contributed by atoms with Gasteiger partial charge in [0.1, 0.15) is 17.1 Å². The summed E-state index contributed by atoms with van der Waals surface area (Å²) in [7, 11) is 0. The highest BCUT2D eigenvalue weighted by Gasteiger charge is 2.16. The number of nitrogen functional groups attached to an aromatic ring is 1. The van der Waals surface area contributed by atoms with E-state index < -0.39 is 11.8 Å². The predicted octanol–water partition coefficient (Wildman–Crippen LogP) is 2.77. The first kappa shape index (κ1) is 13.8. The molecule has 2 rings (SSSR count). The molecule has 1 heterocycles. The van der Waals surface area contributed by atoms with E-state index in [0.717, 1.165) is 0 Å². The molecule has 0 atom stereocenters. The van der Waals surface area contributed by atoms with Crippen molar-refractivity contribution in [2.75, 3.05) is 12.3 Å². The number of hydrogen-bond donors (Lipinski definition) is 1. The van der Waals surface area contributed by atoms with Crippen LogP contribution in [0.5, 0.6) is 11.6 Å². The van der Waals surface area contributed by atoms with E-state index in [9.17, 15) is 9.18 Å². The van der Waals surface area contributed by atoms with Crippen molar-refractivity contribution in [1.29, 1.82) is 0 Å². The highest BCUT2D eigenvalue weighted by Crippen LogP contribution is 2.25. The normalized spacial score (nSPS) is 10.1. The lowest BCUT2D eigenvalue weighted by molar-refractivity contribution is 0.0523. The second kappa shape index (κ2) is 6.01. The van der Waals surface area contributed by atoms with Crippen LogP contribution in [0.25, 0.3) is 0 Å². The van der Waals surface area contributed by atoms with Crippen LogP contribution >= 0.6 is 0 Å². The summed E-state index contributed by atoms with van der Waals surface area (Å²) in [6.07, 6.45) is 1.34. The van der Waals surface area contributed by atoms with E-state index in [1.54, 1.807) is 13.0 Å². The molecule has 2 aromatic rings. The maximum atomic E-state index is 13.1. The standard InChI is InChI=1S/C14H13FN2O3/c1-2-19-14(18)12-7-10(16)8-17-13(12)20-11-5-3-4-9(15)6-11/h3-8H,2,16H2,1H3. The maximum Gasteiger partial charge on any atom is 0.343 e. The lowest BCUT2D eigenvalue weighted by Crippen LogP contribution is -2.08. The molecule has 0 fully saturated rings. The molecule has 0 unspecified atom stereocenters. The van der Waals surface area contributed by atoms with Gasteiger partial charge in [-0.3, -0.25) is 0 Å². The molecular formula is C14H13FN2O3. The molecule has 0 aliphatic carbocycles. The number of pyridine rings is 1. The van der Waals surface area contributed by atoms with Crippen LogP contribution in [0.4, 0.5) is 10.1 Å². The maximum absolute atomic E-state index is 13.1. The Balaban J connectivity index is 2.33. The molecule has 0 radical (unpaired) electrons. The van der Waals surface area contributed by atoms with E-state index >= 15 is 0 Å². The number of rotatable bonds is 4. The van der Waals surface area contributed by atoms with Crippen LogP contribution in [-0.4, -0.2) is 17.6 Å². The minimum Gasteiger partial charge on any atom is -0.462 e. The molecule has 0 bridgehead atoms. The Hall–Kier alpha value is -2.63. The van der Waals surface area contributed by atoms with E-state index in [2.05, 4.69) is 4.98 Å². The van der Waals surface area contributed by atoms with Crippen LogP contribution in [0, 0.1) is 5.82 Å². The number of esters is 1. The fourth-order valence-electron chi connectivity index (χ4n) is 1.55. The molecule has 1 aromatic carbocycles. The quantitative estimate of drug-likeness (QED) is 0.869. The average Bonchev–Trinajstić information content (AvgIpc) is 2.41. The first-order valence-electron chi connectivity index (χ1n) is 5.96. The van der Waals surface area contributed by atoms with Gasteiger partial charge in [-0.05, 0) is 25.1 Å². The Morgan fingerprint density at radius 3 is 2.90 bits per heavy atom. The Morgan fingerprint density at radius 2 is 2.20 bits per heavy atom. The van der Waals surface area contributed by atoms with Gasteiger partial charge in [-0.25, -0.2) is 14.2 Å². The summed E-state index contributed by atoms with van der Waals surface area (Å²) in [4.78, 5) is 15.7. The van der Waals surface area contributed by atoms with Gasteiger partial charge in [-0.1, -0.05) is 6.07 Å². The van der Waals surface area contributed by atoms with Gasteiger partial charge in [0.15, 0.2) is 0 Å². The van der Waals surface area contributed by atoms with Crippen molar-refractivity contribution in [2.45, 2.75) is 6.92 Å². The molecule has 0 aliphatic rings. The number of hydrogen-bond acceptors (Lipinski definition) is 5. The zero-order valence-electron chi connectivity index (χ0n) is 10.8. The SMILES string of the molecule is CCOC(=O)c1cc(N)cnc1Oc1cccc(F)c1. The number of nitrogens with two attached hydrogens (primary N) is 1. The van der Waals surface area contributed by atoms with Crippen LogP contribution in [-0.2, 0) is 4.74 Å². The third-order valence-electron chi connectivity index (χ3n) is 2.38. The Bertz CT molecular complexity index is 632. The molecule has 1 aromatic heterocycles. The van der Waals surface area contributed by atoms with Crippen LogP contribution in [0.1, 0.15) is 17.3 Å². The number of carbonyl (C=O) groups is 1. The minimum absolute atomic E-state index is 0.0169. The predicted molar refractivity (Wildman–Crippen MR) is 71.1 cm³/mol. The Morgan fingerprint density at radius 1 is 1.40 bits per heavy atom. The van der Waals surface area contributed by atoms with Gasteiger partial charge in [0.25, 0.3) is 0 Å². The fourth-order valence-corrected chi connectivity index (χ4v) is 1.55. The van der Waals surface area contributed by atoms with Crippen molar-refractivity contribution in [1.82, 2.24) is 4.98 Å². The molecular weight excluding hydrogens is 263 g/mol. The van der Waals surface area contributed by atoms with Crippen molar-refractivity contribution in [3.8, 4) is 11.6 Å². The van der Waals surface area contributed by atoms with Crippen molar-refractivity contribution in [3.05, 3.63) is 47.9 Å². The molecule has 0 aliphatic heterocycles. The third kappa shape index (κ3) is 3.23. The number of halogens is 1. The third-order valence-corrected chi connectivity index (χ3v) is 2.38. The van der Waals surface area contributed by atoms with Crippen molar-refractivity contribution in [3.63, 3.8) is 0 Å². The molecule has 2 N–H and O–H groups in total. The smallest absolute Gasteiger partial charge is 0.343 e. The molecule has 0 amide bonds. The van der Waals surface area contributed by atoms with Gasteiger partial charge in [-0.15, -0.1) is 0 Å². The van der Waals surface area contributed by atoms with Gasteiger partial charge in [0, 0.05) is 6.07 Å². The summed E-state index contributed by atoms with van der Waals surface area (Å²) in [6, 6.07) is 6.92. The van der Waals surface area contributed by atoms with Gasteiger partial charge in [-0.2, -0.15) is 0 Å². The van der Waals surface area contributed by atoms with E-state index in [4.69, 9.17) is 15.2 Å². The van der Waals surface area contributed by atoms with E-state index in [1.165, 1.54) is 30.5 Å². The van der Waals surface area contributed by atoms with Crippen molar-refractivity contribution < 1.29 is 18.7 Å². The van der Waals surface area contributed by atoms with Gasteiger partial charge >= 0.3 is 5.97 Å². The summed E-state index contributed by atoms with van der Waals surface area (Å²) in [5, 5.41) is 0. The minimum atomic E-state index is -0.598. The van der Waals surface area contributed by atoms with Crippen molar-refractivity contribution >= 4 is 11.7 Å². The number of anilines is 1. The molecule has 0 saturated heterocycles. The summed E-state index contributed by atoms with van der Waals surface area (Å²) < 4.78 is 23.4. The van der Waals surface area contributed by atoms with Crippen LogP contribution in [0.15, 0.2) is 36.5 Å². The first-order chi connectivity index (χ1) is 9.60. The molecule has 0 spiro atoms. The van der Waals surface area contributed by atoms with Crippen LogP contribution in [0.2, 0.25) is 0 Å². The van der Waals surface area contributed by atoms with Crippen LogP contribution < -0.4 is 10.5 Å². The average molecular weight is 276 g/mol. The number of ether oxygens (including phenoxy) is 2. The molecule has 6 heteroatoms. The number of aromatic nitrogens is 1. The second-order valence-electron chi connectivity index (χ2n) is 3.90. The summed E-state index contributed by atoms with van der Waals surface area (Å²) in [5.74, 6) is -0.801. The molecule has 0 saturated carbocycles. The highest BCUT2D eigenvalue weighted by molar-refractivity contribution is 5.92. The second-order valence-corrected chi connectivity index (χ2v) is 3.90. The van der Waals surface area contributed by atoms with Gasteiger partial charge in [0.2, 0.25) is 5.88 Å². The number of nitrogens with zero attached hydrogens (tertiary/aromatic N) is 1. The lowest BCUT2D eigenvalue weighted by Gasteiger charge is -2.10. The van der Waals surface area contributed by atoms with E-state index in [0.29, 0.717) is 5.69 Å². The Kier molecular flexibility index (Phi) is 4.14.